The van der Waals surface area contributed by atoms with Gasteiger partial charge in [0.1, 0.15) is 6.10 Å². The Morgan fingerprint density at radius 1 is 1.38 bits per heavy atom. The number of benzene rings is 1. The van der Waals surface area contributed by atoms with E-state index in [1.54, 1.807) is 38.1 Å². The smallest absolute Gasteiger partial charge is 0.377 e. The molecule has 4 nitrogen and oxygen atoms in total. The third-order valence-electron chi connectivity index (χ3n) is 2.21. The molecule has 0 aliphatic heterocycles. The normalized spacial score (nSPS) is 11.9. The maximum atomic E-state index is 11.5. The van der Waals surface area contributed by atoms with Crippen LogP contribution in [-0.4, -0.2) is 23.5 Å². The van der Waals surface area contributed by atoms with Gasteiger partial charge in [-0.25, -0.2) is 4.79 Å². The van der Waals surface area contributed by atoms with Gasteiger partial charge in [0.05, 0.1) is 6.61 Å². The zero-order chi connectivity index (χ0) is 12.1. The Kier molecular flexibility index (Phi) is 4.19. The molecule has 1 aromatic rings. The van der Waals surface area contributed by atoms with E-state index >= 15 is 0 Å². The Morgan fingerprint density at radius 2 is 2.00 bits per heavy atom. The summed E-state index contributed by atoms with van der Waals surface area (Å²) in [5, 5.41) is 9.72. The second-order valence-corrected chi connectivity index (χ2v) is 3.34. The predicted octanol–water partition coefficient (Wildman–Crippen LogP) is 1.16. The summed E-state index contributed by atoms with van der Waals surface area (Å²) in [6, 6.07) is 6.86. The van der Waals surface area contributed by atoms with Crippen molar-refractivity contribution in [3.8, 4) is 0 Å². The summed E-state index contributed by atoms with van der Waals surface area (Å²) in [7, 11) is 0. The van der Waals surface area contributed by atoms with Crippen molar-refractivity contribution in [2.45, 2.75) is 20.0 Å². The van der Waals surface area contributed by atoms with Gasteiger partial charge < -0.3 is 9.84 Å². The van der Waals surface area contributed by atoms with E-state index in [-0.39, 0.29) is 6.61 Å². The number of carbonyl (C=O) groups excluding carboxylic acids is 2. The number of rotatable bonds is 4. The van der Waals surface area contributed by atoms with Crippen molar-refractivity contribution in [3.63, 3.8) is 0 Å². The molecule has 1 unspecified atom stereocenters. The molecule has 0 amide bonds. The fourth-order valence-corrected chi connectivity index (χ4v) is 1.35. The molecule has 0 fully saturated rings. The highest BCUT2D eigenvalue weighted by Crippen LogP contribution is 2.18. The number of aliphatic hydroxyl groups excluding tert-OH is 1. The maximum absolute atomic E-state index is 11.5. The van der Waals surface area contributed by atoms with Crippen LogP contribution >= 0.6 is 0 Å². The van der Waals surface area contributed by atoms with E-state index in [2.05, 4.69) is 4.74 Å². The molecule has 0 saturated carbocycles. The largest absolute Gasteiger partial charge is 0.460 e. The Bertz CT molecular complexity index is 398. The van der Waals surface area contributed by atoms with Crippen LogP contribution in [-0.2, 0) is 14.3 Å². The van der Waals surface area contributed by atoms with Crippen molar-refractivity contribution in [1.82, 2.24) is 0 Å². The lowest BCUT2D eigenvalue weighted by Gasteiger charge is -2.11. The molecule has 0 aliphatic carbocycles. The molecule has 0 radical (unpaired) electrons. The Hall–Kier alpha value is -1.68. The van der Waals surface area contributed by atoms with Crippen LogP contribution in [0.4, 0.5) is 0 Å². The summed E-state index contributed by atoms with van der Waals surface area (Å²) in [6.07, 6.45) is -1.44. The maximum Gasteiger partial charge on any atom is 0.377 e. The van der Waals surface area contributed by atoms with E-state index in [9.17, 15) is 14.7 Å². The van der Waals surface area contributed by atoms with E-state index in [0.29, 0.717) is 5.56 Å². The standard InChI is InChI=1S/C12H14O4/c1-3-16-12(15)11(14)10(13)9-7-5-4-6-8(9)2/h4-7,10,13H,3H2,1-2H3. The molecule has 1 aromatic carbocycles. The van der Waals surface area contributed by atoms with Crippen molar-refractivity contribution in [2.24, 2.45) is 0 Å². The van der Waals surface area contributed by atoms with Crippen LogP contribution in [0.3, 0.4) is 0 Å². The molecule has 1 atom stereocenters. The van der Waals surface area contributed by atoms with Crippen LogP contribution in [0.15, 0.2) is 24.3 Å². The van der Waals surface area contributed by atoms with E-state index in [1.165, 1.54) is 0 Å². The first-order valence-corrected chi connectivity index (χ1v) is 5.02. The van der Waals surface area contributed by atoms with E-state index in [0.717, 1.165) is 5.56 Å². The number of Topliss-reactive ketones (excluding diaryl/α,β-unsaturated/α-hetero) is 1. The van der Waals surface area contributed by atoms with Crippen LogP contribution in [0.1, 0.15) is 24.2 Å². The molecule has 0 aromatic heterocycles. The van der Waals surface area contributed by atoms with Gasteiger partial charge in [-0.1, -0.05) is 24.3 Å². The van der Waals surface area contributed by atoms with Crippen LogP contribution < -0.4 is 0 Å². The Balaban J connectivity index is 2.86. The minimum atomic E-state index is -1.44. The van der Waals surface area contributed by atoms with E-state index in [1.807, 2.05) is 0 Å². The molecular weight excluding hydrogens is 208 g/mol. The van der Waals surface area contributed by atoms with E-state index < -0.39 is 17.9 Å². The van der Waals surface area contributed by atoms with Gasteiger partial charge in [0, 0.05) is 0 Å². The fourth-order valence-electron chi connectivity index (χ4n) is 1.35. The quantitative estimate of drug-likeness (QED) is 0.613. The third kappa shape index (κ3) is 2.67. The molecule has 1 N–H and O–H groups in total. The van der Waals surface area contributed by atoms with Gasteiger partial charge in [-0.05, 0) is 25.0 Å². The van der Waals surface area contributed by atoms with Gasteiger partial charge in [0.15, 0.2) is 0 Å². The zero-order valence-corrected chi connectivity index (χ0v) is 9.27. The molecule has 4 heteroatoms. The van der Waals surface area contributed by atoms with Crippen molar-refractivity contribution >= 4 is 11.8 Å². The summed E-state index contributed by atoms with van der Waals surface area (Å²) < 4.78 is 4.54. The topological polar surface area (TPSA) is 63.6 Å². The highest BCUT2D eigenvalue weighted by molar-refractivity contribution is 6.35. The van der Waals surface area contributed by atoms with Crippen LogP contribution in [0.2, 0.25) is 0 Å². The third-order valence-corrected chi connectivity index (χ3v) is 2.21. The van der Waals surface area contributed by atoms with Gasteiger partial charge in [0.25, 0.3) is 5.78 Å². The number of aliphatic hydroxyl groups is 1. The van der Waals surface area contributed by atoms with Crippen molar-refractivity contribution in [2.75, 3.05) is 6.61 Å². The lowest BCUT2D eigenvalue weighted by Crippen LogP contribution is -2.24. The highest BCUT2D eigenvalue weighted by Gasteiger charge is 2.26. The predicted molar refractivity (Wildman–Crippen MR) is 57.8 cm³/mol. The number of hydrogen-bond donors (Lipinski definition) is 1. The van der Waals surface area contributed by atoms with Gasteiger partial charge in [0.2, 0.25) is 0 Å². The summed E-state index contributed by atoms with van der Waals surface area (Å²) in [6.45, 7) is 3.48. The lowest BCUT2D eigenvalue weighted by atomic mass is 10.0. The molecule has 1 rings (SSSR count). The minimum Gasteiger partial charge on any atom is -0.460 e. The fraction of sp³-hybridized carbons (Fsp3) is 0.333. The Labute approximate surface area is 93.9 Å². The first kappa shape index (κ1) is 12.4. The molecular formula is C12H14O4. The zero-order valence-electron chi connectivity index (χ0n) is 9.27. The molecule has 86 valence electrons. The molecule has 0 spiro atoms. The number of ether oxygens (including phenoxy) is 1. The van der Waals surface area contributed by atoms with Gasteiger partial charge in [-0.2, -0.15) is 0 Å². The number of carbonyl (C=O) groups is 2. The van der Waals surface area contributed by atoms with Crippen LogP contribution in [0, 0.1) is 6.92 Å². The average Bonchev–Trinajstić information content (AvgIpc) is 2.28. The first-order valence-electron chi connectivity index (χ1n) is 5.02. The number of aryl methyl sites for hydroxylation is 1. The van der Waals surface area contributed by atoms with Crippen LogP contribution in [0.5, 0.6) is 0 Å². The SMILES string of the molecule is CCOC(=O)C(=O)C(O)c1ccccc1C. The monoisotopic (exact) mass is 222 g/mol. The molecule has 0 saturated heterocycles. The minimum absolute atomic E-state index is 0.116. The summed E-state index contributed by atoms with van der Waals surface area (Å²) in [5.41, 5.74) is 1.19. The molecule has 0 bridgehead atoms. The van der Waals surface area contributed by atoms with Crippen molar-refractivity contribution < 1.29 is 19.4 Å². The van der Waals surface area contributed by atoms with Gasteiger partial charge in [-0.15, -0.1) is 0 Å². The summed E-state index contributed by atoms with van der Waals surface area (Å²) in [5.74, 6) is -1.94. The molecule has 16 heavy (non-hydrogen) atoms. The number of ketones is 1. The summed E-state index contributed by atoms with van der Waals surface area (Å²) >= 11 is 0. The first-order chi connectivity index (χ1) is 7.57. The molecule has 0 aliphatic rings. The second-order valence-electron chi connectivity index (χ2n) is 3.34. The number of esters is 1. The summed E-state index contributed by atoms with van der Waals surface area (Å²) in [4.78, 5) is 22.6. The molecule has 0 heterocycles. The van der Waals surface area contributed by atoms with Crippen molar-refractivity contribution in [1.29, 1.82) is 0 Å². The van der Waals surface area contributed by atoms with Crippen molar-refractivity contribution in [3.05, 3.63) is 35.4 Å². The average molecular weight is 222 g/mol. The number of hydrogen-bond acceptors (Lipinski definition) is 4. The Morgan fingerprint density at radius 3 is 2.56 bits per heavy atom. The highest BCUT2D eigenvalue weighted by atomic mass is 16.5. The van der Waals surface area contributed by atoms with Crippen LogP contribution in [0.25, 0.3) is 0 Å². The van der Waals surface area contributed by atoms with Gasteiger partial charge >= 0.3 is 5.97 Å². The van der Waals surface area contributed by atoms with E-state index in [4.69, 9.17) is 0 Å². The van der Waals surface area contributed by atoms with Gasteiger partial charge in [-0.3, -0.25) is 4.79 Å². The lowest BCUT2D eigenvalue weighted by molar-refractivity contribution is -0.157. The second kappa shape index (κ2) is 5.42.